The van der Waals surface area contributed by atoms with Crippen molar-refractivity contribution in [3.05, 3.63) is 101 Å². The van der Waals surface area contributed by atoms with E-state index in [-0.39, 0.29) is 23.1 Å². The molecule has 1 aliphatic rings. The van der Waals surface area contributed by atoms with E-state index in [0.717, 1.165) is 37.9 Å². The standard InChI is InChI=1S/C28H30N2O4S/c1-21(31)25-11-13-27(14-12-25)35(33,34)29-20-24-7-9-26(10-8-24)28(32)30-17-15-23(16-18-30)19-22-5-3-2-4-6-22/h2-14,23,29H,15-20H2,1H3. The largest absolute Gasteiger partial charge is 0.339 e. The Labute approximate surface area is 207 Å². The quantitative estimate of drug-likeness (QED) is 0.473. The fourth-order valence-electron chi connectivity index (χ4n) is 4.37. The van der Waals surface area contributed by atoms with Crippen molar-refractivity contribution in [1.82, 2.24) is 9.62 Å². The van der Waals surface area contributed by atoms with Crippen molar-refractivity contribution in [2.75, 3.05) is 13.1 Å². The summed E-state index contributed by atoms with van der Waals surface area (Å²) in [4.78, 5) is 26.3. The van der Waals surface area contributed by atoms with Crippen LogP contribution < -0.4 is 4.72 Å². The number of Topliss-reactive ketones (excluding diaryl/α,β-unsaturated/α-hetero) is 1. The molecule has 0 unspecified atom stereocenters. The highest BCUT2D eigenvalue weighted by atomic mass is 32.2. The summed E-state index contributed by atoms with van der Waals surface area (Å²) in [6.45, 7) is 3.04. The first-order valence-corrected chi connectivity index (χ1v) is 13.3. The number of nitrogens with zero attached hydrogens (tertiary/aromatic N) is 1. The molecule has 0 atom stereocenters. The maximum absolute atomic E-state index is 12.9. The highest BCUT2D eigenvalue weighted by Gasteiger charge is 2.24. The Morgan fingerprint density at radius 3 is 2.03 bits per heavy atom. The van der Waals surface area contributed by atoms with Gasteiger partial charge < -0.3 is 4.90 Å². The minimum atomic E-state index is -3.71. The van der Waals surface area contributed by atoms with Crippen LogP contribution in [0.2, 0.25) is 0 Å². The van der Waals surface area contributed by atoms with Crippen molar-refractivity contribution in [2.45, 2.75) is 37.6 Å². The molecule has 1 aliphatic heterocycles. The molecule has 1 fully saturated rings. The van der Waals surface area contributed by atoms with Gasteiger partial charge in [0.05, 0.1) is 4.90 Å². The number of hydrogen-bond acceptors (Lipinski definition) is 4. The van der Waals surface area contributed by atoms with Gasteiger partial charge in [0, 0.05) is 30.8 Å². The van der Waals surface area contributed by atoms with Crippen molar-refractivity contribution in [2.24, 2.45) is 5.92 Å². The maximum Gasteiger partial charge on any atom is 0.253 e. The van der Waals surface area contributed by atoms with Crippen LogP contribution in [0.25, 0.3) is 0 Å². The SMILES string of the molecule is CC(=O)c1ccc(S(=O)(=O)NCc2ccc(C(=O)N3CCC(Cc4ccccc4)CC3)cc2)cc1. The van der Waals surface area contributed by atoms with Gasteiger partial charge in [0.15, 0.2) is 5.78 Å². The molecule has 3 aromatic carbocycles. The van der Waals surface area contributed by atoms with E-state index in [9.17, 15) is 18.0 Å². The van der Waals surface area contributed by atoms with Gasteiger partial charge >= 0.3 is 0 Å². The Morgan fingerprint density at radius 1 is 0.829 bits per heavy atom. The van der Waals surface area contributed by atoms with Gasteiger partial charge in [0.25, 0.3) is 5.91 Å². The first-order chi connectivity index (χ1) is 16.8. The van der Waals surface area contributed by atoms with Crippen LogP contribution >= 0.6 is 0 Å². The number of carbonyl (C=O) groups excluding carboxylic acids is 2. The van der Waals surface area contributed by atoms with E-state index in [4.69, 9.17) is 0 Å². The van der Waals surface area contributed by atoms with Crippen LogP contribution in [0.5, 0.6) is 0 Å². The number of hydrogen-bond donors (Lipinski definition) is 1. The number of amides is 1. The number of ketones is 1. The monoisotopic (exact) mass is 490 g/mol. The zero-order valence-corrected chi connectivity index (χ0v) is 20.6. The van der Waals surface area contributed by atoms with Crippen LogP contribution in [0.3, 0.4) is 0 Å². The maximum atomic E-state index is 12.9. The van der Waals surface area contributed by atoms with Crippen LogP contribution in [0, 0.1) is 5.92 Å². The Bertz CT molecular complexity index is 1260. The summed E-state index contributed by atoms with van der Waals surface area (Å²) < 4.78 is 27.7. The van der Waals surface area contributed by atoms with Crippen molar-refractivity contribution in [3.8, 4) is 0 Å². The zero-order chi connectivity index (χ0) is 24.8. The second-order valence-corrected chi connectivity index (χ2v) is 10.8. The van der Waals surface area contributed by atoms with Gasteiger partial charge in [-0.15, -0.1) is 0 Å². The van der Waals surface area contributed by atoms with Crippen molar-refractivity contribution in [3.63, 3.8) is 0 Å². The highest BCUT2D eigenvalue weighted by Crippen LogP contribution is 2.23. The summed E-state index contributed by atoms with van der Waals surface area (Å²) >= 11 is 0. The topological polar surface area (TPSA) is 83.5 Å². The van der Waals surface area contributed by atoms with Crippen molar-refractivity contribution in [1.29, 1.82) is 0 Å². The summed E-state index contributed by atoms with van der Waals surface area (Å²) in [5, 5.41) is 0. The van der Waals surface area contributed by atoms with Crippen LogP contribution in [0.15, 0.2) is 83.8 Å². The first-order valence-electron chi connectivity index (χ1n) is 11.8. The lowest BCUT2D eigenvalue weighted by Crippen LogP contribution is -2.38. The summed E-state index contributed by atoms with van der Waals surface area (Å²) in [5.74, 6) is 0.490. The molecule has 3 aromatic rings. The highest BCUT2D eigenvalue weighted by molar-refractivity contribution is 7.89. The average Bonchev–Trinajstić information content (AvgIpc) is 2.88. The lowest BCUT2D eigenvalue weighted by atomic mass is 9.90. The molecule has 1 amide bonds. The number of piperidine rings is 1. The summed E-state index contributed by atoms with van der Waals surface area (Å²) in [6.07, 6.45) is 3.04. The third-order valence-corrected chi connectivity index (χ3v) is 7.92. The van der Waals surface area contributed by atoms with Gasteiger partial charge in [-0.2, -0.15) is 0 Å². The average molecular weight is 491 g/mol. The molecule has 35 heavy (non-hydrogen) atoms. The fraction of sp³-hybridized carbons (Fsp3) is 0.286. The first kappa shape index (κ1) is 24.8. The fourth-order valence-corrected chi connectivity index (χ4v) is 5.38. The predicted molar refractivity (Wildman–Crippen MR) is 136 cm³/mol. The predicted octanol–water partition coefficient (Wildman–Crippen LogP) is 4.46. The molecule has 0 aliphatic carbocycles. The number of nitrogens with one attached hydrogen (secondary N) is 1. The summed E-state index contributed by atoms with van der Waals surface area (Å²) in [6, 6.07) is 23.4. The number of rotatable bonds is 8. The molecule has 0 saturated carbocycles. The smallest absolute Gasteiger partial charge is 0.253 e. The number of likely N-dealkylation sites (tertiary alicyclic amines) is 1. The molecule has 7 heteroatoms. The molecule has 0 aromatic heterocycles. The minimum absolute atomic E-state index is 0.0147. The Morgan fingerprint density at radius 2 is 1.43 bits per heavy atom. The molecule has 1 N–H and O–H groups in total. The van der Waals surface area contributed by atoms with Crippen molar-refractivity contribution < 1.29 is 18.0 Å². The van der Waals surface area contributed by atoms with Gasteiger partial charge in [-0.05, 0) is 67.5 Å². The molecule has 0 spiro atoms. The van der Waals surface area contributed by atoms with Gasteiger partial charge in [-0.25, -0.2) is 13.1 Å². The van der Waals surface area contributed by atoms with E-state index in [1.165, 1.54) is 36.8 Å². The number of benzene rings is 3. The molecule has 0 bridgehead atoms. The van der Waals surface area contributed by atoms with E-state index in [2.05, 4.69) is 29.0 Å². The minimum Gasteiger partial charge on any atom is -0.339 e. The molecule has 6 nitrogen and oxygen atoms in total. The van der Waals surface area contributed by atoms with E-state index in [0.29, 0.717) is 17.0 Å². The number of sulfonamides is 1. The molecular weight excluding hydrogens is 460 g/mol. The normalized spacial score (nSPS) is 14.6. The summed E-state index contributed by atoms with van der Waals surface area (Å²) in [5.41, 5.74) is 3.17. The zero-order valence-electron chi connectivity index (χ0n) is 19.8. The van der Waals surface area contributed by atoms with Crippen molar-refractivity contribution >= 4 is 21.7 Å². The Hall–Kier alpha value is -3.29. The van der Waals surface area contributed by atoms with Gasteiger partial charge in [-0.1, -0.05) is 54.6 Å². The number of carbonyl (C=O) groups is 2. The second kappa shape index (κ2) is 11.0. The molecule has 0 radical (unpaired) electrons. The van der Waals surface area contributed by atoms with E-state index < -0.39 is 10.0 Å². The van der Waals surface area contributed by atoms with Gasteiger partial charge in [0.2, 0.25) is 10.0 Å². The lowest BCUT2D eigenvalue weighted by molar-refractivity contribution is 0.0690. The van der Waals surface area contributed by atoms with E-state index >= 15 is 0 Å². The van der Waals surface area contributed by atoms with Crippen LogP contribution in [0.4, 0.5) is 0 Å². The van der Waals surface area contributed by atoms with E-state index in [1.807, 2.05) is 11.0 Å². The third-order valence-electron chi connectivity index (χ3n) is 6.51. The summed E-state index contributed by atoms with van der Waals surface area (Å²) in [7, 11) is -3.71. The van der Waals surface area contributed by atoms with Crippen LogP contribution in [-0.4, -0.2) is 38.1 Å². The molecule has 1 saturated heterocycles. The van der Waals surface area contributed by atoms with Gasteiger partial charge in [0.1, 0.15) is 0 Å². The van der Waals surface area contributed by atoms with Crippen LogP contribution in [0.1, 0.15) is 51.6 Å². The molecule has 1 heterocycles. The van der Waals surface area contributed by atoms with Crippen LogP contribution in [-0.2, 0) is 23.0 Å². The Balaban J connectivity index is 1.29. The van der Waals surface area contributed by atoms with Gasteiger partial charge in [-0.3, -0.25) is 9.59 Å². The third kappa shape index (κ3) is 6.44. The second-order valence-electron chi connectivity index (χ2n) is 9.03. The molecule has 182 valence electrons. The van der Waals surface area contributed by atoms with E-state index in [1.54, 1.807) is 24.3 Å². The Kier molecular flexibility index (Phi) is 7.78. The molecule has 4 rings (SSSR count). The lowest BCUT2D eigenvalue weighted by Gasteiger charge is -2.32. The molecular formula is C28H30N2O4S.